The summed E-state index contributed by atoms with van der Waals surface area (Å²) >= 11 is 1.73. The first-order chi connectivity index (χ1) is 11.9. The minimum atomic E-state index is 0.765. The molecule has 4 rings (SSSR count). The Morgan fingerprint density at radius 3 is 2.88 bits per heavy atom. The predicted molar refractivity (Wildman–Crippen MR) is 96.6 cm³/mol. The van der Waals surface area contributed by atoms with Gasteiger partial charge in [-0.05, 0) is 23.6 Å². The largest absolute Gasteiger partial charge is 0.496 e. The molecule has 0 bridgehead atoms. The van der Waals surface area contributed by atoms with E-state index in [2.05, 4.69) is 32.9 Å². The lowest BCUT2D eigenvalue weighted by Crippen LogP contribution is -2.04. The number of benzene rings is 1. The third kappa shape index (κ3) is 2.61. The Morgan fingerprint density at radius 2 is 2.04 bits per heavy atom. The molecule has 6 heteroatoms. The highest BCUT2D eigenvalue weighted by molar-refractivity contribution is 7.09. The fourth-order valence-corrected chi connectivity index (χ4v) is 3.32. The topological polar surface area (TPSA) is 51.5 Å². The number of thiophene rings is 1. The van der Waals surface area contributed by atoms with Gasteiger partial charge in [0.25, 0.3) is 0 Å². The van der Waals surface area contributed by atoms with Gasteiger partial charge in [0, 0.05) is 16.6 Å². The Hall–Kier alpha value is -2.86. The zero-order chi connectivity index (χ0) is 16.4. The van der Waals surface area contributed by atoms with Crippen LogP contribution in [0.2, 0.25) is 0 Å². The standard InChI is InChI=1S/C18H16N4OS/c1-23-16-7-3-2-6-14(16)15-12-21-22-17(8-9-19-18(15)22)20-11-13-5-4-10-24-13/h2-10,12,20H,11H2,1H3. The van der Waals surface area contributed by atoms with Gasteiger partial charge in [-0.3, -0.25) is 0 Å². The molecule has 0 atom stereocenters. The van der Waals surface area contributed by atoms with Crippen molar-refractivity contribution < 1.29 is 4.74 Å². The van der Waals surface area contributed by atoms with Crippen LogP contribution in [0.1, 0.15) is 4.88 Å². The van der Waals surface area contributed by atoms with Crippen LogP contribution in [-0.2, 0) is 6.54 Å². The van der Waals surface area contributed by atoms with E-state index in [0.717, 1.165) is 34.9 Å². The van der Waals surface area contributed by atoms with E-state index >= 15 is 0 Å². The molecule has 0 radical (unpaired) electrons. The molecule has 0 aliphatic heterocycles. The number of methoxy groups -OCH3 is 1. The number of para-hydroxylation sites is 1. The first kappa shape index (κ1) is 14.7. The van der Waals surface area contributed by atoms with Crippen LogP contribution in [0.25, 0.3) is 16.8 Å². The molecule has 4 aromatic rings. The van der Waals surface area contributed by atoms with Gasteiger partial charge < -0.3 is 10.1 Å². The van der Waals surface area contributed by atoms with E-state index in [1.807, 2.05) is 41.0 Å². The summed E-state index contributed by atoms with van der Waals surface area (Å²) in [5.74, 6) is 1.72. The average Bonchev–Trinajstić information content (AvgIpc) is 3.29. The first-order valence-corrected chi connectivity index (χ1v) is 8.47. The highest BCUT2D eigenvalue weighted by Crippen LogP contribution is 2.32. The number of ether oxygens (including phenoxy) is 1. The Morgan fingerprint density at radius 1 is 1.12 bits per heavy atom. The molecule has 0 unspecified atom stereocenters. The molecule has 1 aromatic carbocycles. The van der Waals surface area contributed by atoms with Gasteiger partial charge >= 0.3 is 0 Å². The fraction of sp³-hybridized carbons (Fsp3) is 0.111. The molecule has 0 aliphatic carbocycles. The zero-order valence-electron chi connectivity index (χ0n) is 13.1. The van der Waals surface area contributed by atoms with Crippen LogP contribution in [0.15, 0.2) is 60.2 Å². The minimum absolute atomic E-state index is 0.765. The normalized spacial score (nSPS) is 10.9. The third-order valence-electron chi connectivity index (χ3n) is 3.82. The van der Waals surface area contributed by atoms with Crippen molar-refractivity contribution in [3.05, 3.63) is 65.1 Å². The summed E-state index contributed by atoms with van der Waals surface area (Å²) in [7, 11) is 1.67. The molecule has 0 fully saturated rings. The van der Waals surface area contributed by atoms with Crippen molar-refractivity contribution in [3.8, 4) is 16.9 Å². The van der Waals surface area contributed by atoms with Gasteiger partial charge in [-0.15, -0.1) is 11.3 Å². The molecule has 3 aromatic heterocycles. The van der Waals surface area contributed by atoms with Crippen molar-refractivity contribution in [2.24, 2.45) is 0 Å². The van der Waals surface area contributed by atoms with E-state index in [4.69, 9.17) is 4.74 Å². The summed E-state index contributed by atoms with van der Waals surface area (Å²) in [6.07, 6.45) is 3.63. The summed E-state index contributed by atoms with van der Waals surface area (Å²) in [4.78, 5) is 5.78. The SMILES string of the molecule is COc1ccccc1-c1cnn2c(NCc3cccs3)ccnc12. The quantitative estimate of drug-likeness (QED) is 0.597. The summed E-state index contributed by atoms with van der Waals surface area (Å²) in [5, 5.41) is 10.0. The number of fused-ring (bicyclic) bond motifs is 1. The molecule has 0 amide bonds. The molecule has 0 aliphatic rings. The van der Waals surface area contributed by atoms with Crippen LogP contribution in [0.3, 0.4) is 0 Å². The maximum absolute atomic E-state index is 5.47. The Balaban J connectivity index is 1.73. The van der Waals surface area contributed by atoms with E-state index in [1.165, 1.54) is 4.88 Å². The van der Waals surface area contributed by atoms with Crippen LogP contribution < -0.4 is 10.1 Å². The molecule has 3 heterocycles. The number of rotatable bonds is 5. The molecule has 5 nitrogen and oxygen atoms in total. The third-order valence-corrected chi connectivity index (χ3v) is 4.70. The lowest BCUT2D eigenvalue weighted by Gasteiger charge is -2.08. The maximum Gasteiger partial charge on any atom is 0.165 e. The van der Waals surface area contributed by atoms with Crippen molar-refractivity contribution in [1.82, 2.24) is 14.6 Å². The van der Waals surface area contributed by atoms with Gasteiger partial charge in [0.2, 0.25) is 0 Å². The van der Waals surface area contributed by atoms with Gasteiger partial charge in [-0.1, -0.05) is 24.3 Å². The fourth-order valence-electron chi connectivity index (χ4n) is 2.67. The second-order valence-corrected chi connectivity index (χ2v) is 6.29. The van der Waals surface area contributed by atoms with Gasteiger partial charge in [0.1, 0.15) is 11.6 Å². The number of aromatic nitrogens is 3. The van der Waals surface area contributed by atoms with Crippen molar-refractivity contribution >= 4 is 22.8 Å². The molecule has 0 saturated carbocycles. The average molecular weight is 336 g/mol. The van der Waals surface area contributed by atoms with Crippen LogP contribution in [0.4, 0.5) is 5.82 Å². The van der Waals surface area contributed by atoms with Gasteiger partial charge in [-0.2, -0.15) is 9.61 Å². The monoisotopic (exact) mass is 336 g/mol. The van der Waals surface area contributed by atoms with E-state index in [0.29, 0.717) is 0 Å². The molecular weight excluding hydrogens is 320 g/mol. The summed E-state index contributed by atoms with van der Waals surface area (Å²) < 4.78 is 7.29. The minimum Gasteiger partial charge on any atom is -0.496 e. The van der Waals surface area contributed by atoms with E-state index < -0.39 is 0 Å². The highest BCUT2D eigenvalue weighted by atomic mass is 32.1. The maximum atomic E-state index is 5.47. The number of anilines is 1. The van der Waals surface area contributed by atoms with Crippen LogP contribution >= 0.6 is 11.3 Å². The summed E-state index contributed by atoms with van der Waals surface area (Å²) in [6.45, 7) is 0.765. The Kier molecular flexibility index (Phi) is 3.88. The van der Waals surface area contributed by atoms with E-state index in [-0.39, 0.29) is 0 Å². The summed E-state index contributed by atoms with van der Waals surface area (Å²) in [5.41, 5.74) is 2.74. The highest BCUT2D eigenvalue weighted by Gasteiger charge is 2.13. The molecule has 24 heavy (non-hydrogen) atoms. The molecule has 0 saturated heterocycles. The lowest BCUT2D eigenvalue weighted by atomic mass is 10.1. The molecule has 120 valence electrons. The lowest BCUT2D eigenvalue weighted by molar-refractivity contribution is 0.416. The zero-order valence-corrected chi connectivity index (χ0v) is 14.0. The van der Waals surface area contributed by atoms with Crippen LogP contribution in [0, 0.1) is 0 Å². The van der Waals surface area contributed by atoms with Crippen molar-refractivity contribution in [2.45, 2.75) is 6.54 Å². The number of hydrogen-bond acceptors (Lipinski definition) is 5. The van der Waals surface area contributed by atoms with Crippen molar-refractivity contribution in [3.63, 3.8) is 0 Å². The number of nitrogens with zero attached hydrogens (tertiary/aromatic N) is 3. The molecule has 0 spiro atoms. The number of nitrogens with one attached hydrogen (secondary N) is 1. The van der Waals surface area contributed by atoms with Crippen molar-refractivity contribution in [1.29, 1.82) is 0 Å². The van der Waals surface area contributed by atoms with Gasteiger partial charge in [0.05, 0.1) is 25.4 Å². The predicted octanol–water partition coefficient (Wildman–Crippen LogP) is 4.08. The Labute approximate surface area is 143 Å². The second kappa shape index (κ2) is 6.33. The Bertz CT molecular complexity index is 962. The van der Waals surface area contributed by atoms with Crippen LogP contribution in [0.5, 0.6) is 5.75 Å². The summed E-state index contributed by atoms with van der Waals surface area (Å²) in [6, 6.07) is 14.0. The van der Waals surface area contributed by atoms with Gasteiger partial charge in [-0.25, -0.2) is 4.98 Å². The molecular formula is C18H16N4OS. The van der Waals surface area contributed by atoms with E-state index in [1.54, 1.807) is 24.6 Å². The van der Waals surface area contributed by atoms with Gasteiger partial charge in [0.15, 0.2) is 5.65 Å². The molecule has 1 N–H and O–H groups in total. The first-order valence-electron chi connectivity index (χ1n) is 7.59. The van der Waals surface area contributed by atoms with Crippen molar-refractivity contribution in [2.75, 3.05) is 12.4 Å². The smallest absolute Gasteiger partial charge is 0.165 e. The van der Waals surface area contributed by atoms with Crippen LogP contribution in [-0.4, -0.2) is 21.7 Å². The number of hydrogen-bond donors (Lipinski definition) is 1. The van der Waals surface area contributed by atoms with E-state index in [9.17, 15) is 0 Å². The second-order valence-electron chi connectivity index (χ2n) is 5.26.